The summed E-state index contributed by atoms with van der Waals surface area (Å²) in [7, 11) is 0. The molecule has 1 rings (SSSR count). The molecule has 0 nitrogen and oxygen atoms in total. The summed E-state index contributed by atoms with van der Waals surface area (Å²) in [6, 6.07) is 0. The van der Waals surface area contributed by atoms with Crippen LogP contribution in [0.3, 0.4) is 0 Å². The molecule has 0 heterocycles. The molecule has 0 aromatic rings. The summed E-state index contributed by atoms with van der Waals surface area (Å²) in [5.41, 5.74) is 0. The Bertz CT molecular complexity index is 202. The van der Waals surface area contributed by atoms with Crippen LogP contribution < -0.4 is 0 Å². The molecule has 4 unspecified atom stereocenters. The van der Waals surface area contributed by atoms with E-state index in [9.17, 15) is 0 Å². The lowest BCUT2D eigenvalue weighted by molar-refractivity contribution is 0.320. The maximum Gasteiger partial charge on any atom is -0.0205 e. The summed E-state index contributed by atoms with van der Waals surface area (Å²) in [5, 5.41) is 0. The Labute approximate surface area is 96.2 Å². The summed E-state index contributed by atoms with van der Waals surface area (Å²) in [5.74, 6) is 4.38. The van der Waals surface area contributed by atoms with Gasteiger partial charge in [-0.3, -0.25) is 0 Å². The highest BCUT2D eigenvalue weighted by atomic mass is 14.3. The maximum absolute atomic E-state index is 2.46. The molecule has 0 amide bonds. The molecular weight excluding hydrogens is 180 g/mol. The van der Waals surface area contributed by atoms with Crippen LogP contribution in [0.25, 0.3) is 0 Å². The van der Waals surface area contributed by atoms with Gasteiger partial charge in [-0.05, 0) is 42.4 Å². The van der Waals surface area contributed by atoms with Crippen LogP contribution in [0.4, 0.5) is 0 Å². The van der Waals surface area contributed by atoms with Gasteiger partial charge >= 0.3 is 0 Å². The first-order valence-electron chi connectivity index (χ1n) is 6.72. The van der Waals surface area contributed by atoms with Gasteiger partial charge in [0.05, 0.1) is 0 Å². The third kappa shape index (κ3) is 4.40. The van der Waals surface area contributed by atoms with E-state index >= 15 is 0 Å². The fourth-order valence-corrected chi connectivity index (χ4v) is 2.42. The molecule has 4 atom stereocenters. The zero-order valence-corrected chi connectivity index (χ0v) is 11.2. The van der Waals surface area contributed by atoms with Crippen LogP contribution in [0, 0.1) is 29.6 Å². The van der Waals surface area contributed by atoms with Crippen molar-refractivity contribution >= 4 is 0 Å². The van der Waals surface area contributed by atoms with E-state index in [1.165, 1.54) is 19.3 Å². The quantitative estimate of drug-likeness (QED) is 0.544. The monoisotopic (exact) mass is 208 g/mol. The van der Waals surface area contributed by atoms with Gasteiger partial charge in [0.25, 0.3) is 0 Å². The van der Waals surface area contributed by atoms with Gasteiger partial charge in [-0.1, -0.05) is 53.2 Å². The van der Waals surface area contributed by atoms with E-state index < -0.39 is 0 Å². The van der Waals surface area contributed by atoms with Crippen molar-refractivity contribution in [3.8, 4) is 0 Å². The first-order chi connectivity index (χ1) is 7.04. The third-order valence-electron chi connectivity index (χ3n) is 4.00. The van der Waals surface area contributed by atoms with E-state index in [2.05, 4.69) is 46.8 Å². The van der Waals surface area contributed by atoms with Gasteiger partial charge in [-0.25, -0.2) is 0 Å². The molecule has 0 bridgehead atoms. The van der Waals surface area contributed by atoms with E-state index in [0.717, 1.165) is 29.6 Å². The van der Waals surface area contributed by atoms with Crippen molar-refractivity contribution in [3.63, 3.8) is 0 Å². The zero-order chi connectivity index (χ0) is 11.4. The number of allylic oxidation sites excluding steroid dienone is 2. The Morgan fingerprint density at radius 1 is 1.27 bits per heavy atom. The van der Waals surface area contributed by atoms with Crippen molar-refractivity contribution in [1.82, 2.24) is 0 Å². The van der Waals surface area contributed by atoms with Crippen LogP contribution >= 0.6 is 0 Å². The molecule has 0 aromatic heterocycles. The lowest BCUT2D eigenvalue weighted by Crippen LogP contribution is -2.10. The van der Waals surface area contributed by atoms with Crippen LogP contribution in [0.2, 0.25) is 0 Å². The third-order valence-corrected chi connectivity index (χ3v) is 4.00. The topological polar surface area (TPSA) is 0 Å². The van der Waals surface area contributed by atoms with E-state index in [-0.39, 0.29) is 0 Å². The molecule has 0 N–H and O–H groups in total. The molecule has 1 aliphatic rings. The normalized spacial score (nSPS) is 29.7. The Morgan fingerprint density at radius 3 is 2.27 bits per heavy atom. The molecule has 15 heavy (non-hydrogen) atoms. The summed E-state index contributed by atoms with van der Waals surface area (Å²) in [4.78, 5) is 0. The molecule has 0 spiro atoms. The molecule has 0 saturated heterocycles. The molecule has 0 aromatic carbocycles. The fourth-order valence-electron chi connectivity index (χ4n) is 2.42. The minimum atomic E-state index is 0.769. The largest absolute Gasteiger partial charge is 0.0854 e. The lowest BCUT2D eigenvalue weighted by atomic mass is 9.85. The molecule has 0 radical (unpaired) electrons. The summed E-state index contributed by atoms with van der Waals surface area (Å²) >= 11 is 0. The van der Waals surface area contributed by atoms with Crippen LogP contribution in [0.1, 0.15) is 53.9 Å². The predicted molar refractivity (Wildman–Crippen MR) is 68.8 cm³/mol. The van der Waals surface area contributed by atoms with Crippen LogP contribution in [0.5, 0.6) is 0 Å². The second-order valence-corrected chi connectivity index (χ2v) is 5.89. The van der Waals surface area contributed by atoms with Crippen molar-refractivity contribution in [2.75, 3.05) is 0 Å². The fraction of sp³-hybridized carbons (Fsp3) is 0.867. The Morgan fingerprint density at radius 2 is 1.87 bits per heavy atom. The van der Waals surface area contributed by atoms with Crippen molar-refractivity contribution in [3.05, 3.63) is 12.2 Å². The summed E-state index contributed by atoms with van der Waals surface area (Å²) in [6.45, 7) is 11.8. The van der Waals surface area contributed by atoms with E-state index in [1.807, 2.05) is 0 Å². The first-order valence-corrected chi connectivity index (χ1v) is 6.72. The maximum atomic E-state index is 2.46. The minimum Gasteiger partial charge on any atom is -0.0854 e. The predicted octanol–water partition coefficient (Wildman–Crippen LogP) is 4.91. The molecule has 1 fully saturated rings. The Hall–Kier alpha value is -0.260. The zero-order valence-electron chi connectivity index (χ0n) is 11.2. The second kappa shape index (κ2) is 5.72. The van der Waals surface area contributed by atoms with Gasteiger partial charge in [0.1, 0.15) is 0 Å². The lowest BCUT2D eigenvalue weighted by Gasteiger charge is -2.21. The summed E-state index contributed by atoms with van der Waals surface area (Å²) in [6.07, 6.45) is 9.04. The van der Waals surface area contributed by atoms with Crippen LogP contribution in [0.15, 0.2) is 12.2 Å². The van der Waals surface area contributed by atoms with Crippen molar-refractivity contribution in [2.45, 2.75) is 53.9 Å². The number of rotatable bonds is 6. The second-order valence-electron chi connectivity index (χ2n) is 5.89. The van der Waals surface area contributed by atoms with Gasteiger partial charge in [-0.15, -0.1) is 0 Å². The molecular formula is C15H28. The smallest absolute Gasteiger partial charge is 0.0205 e. The minimum absolute atomic E-state index is 0.769. The van der Waals surface area contributed by atoms with Gasteiger partial charge in [-0.2, -0.15) is 0 Å². The summed E-state index contributed by atoms with van der Waals surface area (Å²) < 4.78 is 0. The highest BCUT2D eigenvalue weighted by molar-refractivity contribution is 5.01. The average Bonchev–Trinajstić information content (AvgIpc) is 2.87. The van der Waals surface area contributed by atoms with Crippen molar-refractivity contribution in [2.24, 2.45) is 29.6 Å². The number of hydrogen-bond acceptors (Lipinski definition) is 0. The van der Waals surface area contributed by atoms with Crippen LogP contribution in [-0.2, 0) is 0 Å². The van der Waals surface area contributed by atoms with E-state index in [1.54, 1.807) is 0 Å². The molecule has 1 saturated carbocycles. The SMILES string of the molecule is CCC(CC(C)C=CC1CC1C)C(C)C. The highest BCUT2D eigenvalue weighted by Gasteiger charge is 2.29. The van der Waals surface area contributed by atoms with Crippen LogP contribution in [-0.4, -0.2) is 0 Å². The van der Waals surface area contributed by atoms with Gasteiger partial charge in [0, 0.05) is 0 Å². The van der Waals surface area contributed by atoms with Gasteiger partial charge in [0.15, 0.2) is 0 Å². The van der Waals surface area contributed by atoms with Crippen molar-refractivity contribution < 1.29 is 0 Å². The average molecular weight is 208 g/mol. The molecule has 88 valence electrons. The van der Waals surface area contributed by atoms with Crippen molar-refractivity contribution in [1.29, 1.82) is 0 Å². The van der Waals surface area contributed by atoms with E-state index in [0.29, 0.717) is 0 Å². The van der Waals surface area contributed by atoms with Gasteiger partial charge < -0.3 is 0 Å². The van der Waals surface area contributed by atoms with E-state index in [4.69, 9.17) is 0 Å². The highest BCUT2D eigenvalue weighted by Crippen LogP contribution is 2.39. The standard InChI is InChI=1S/C15H28/c1-6-14(11(2)3)9-12(4)7-8-15-10-13(15)5/h7-8,11-15H,6,9-10H2,1-5H3. The first kappa shape index (κ1) is 12.8. The van der Waals surface area contributed by atoms with Gasteiger partial charge in [0.2, 0.25) is 0 Å². The molecule has 0 aliphatic heterocycles. The Kier molecular flexibility index (Phi) is 4.89. The molecule has 1 aliphatic carbocycles. The number of hydrogen-bond donors (Lipinski definition) is 0. The molecule has 0 heteroatoms. The Balaban J connectivity index is 2.27.